The summed E-state index contributed by atoms with van der Waals surface area (Å²) in [6.45, 7) is 2.12. The molecule has 0 spiro atoms. The summed E-state index contributed by atoms with van der Waals surface area (Å²) >= 11 is 0. The number of benzene rings is 1. The predicted octanol–water partition coefficient (Wildman–Crippen LogP) is 3.52. The normalized spacial score (nSPS) is 16.4. The molecule has 3 amide bonds. The first-order valence-electron chi connectivity index (χ1n) is 9.74. The van der Waals surface area contributed by atoms with Gasteiger partial charge in [-0.3, -0.25) is 9.78 Å². The van der Waals surface area contributed by atoms with E-state index in [0.29, 0.717) is 42.5 Å². The van der Waals surface area contributed by atoms with Crippen LogP contribution in [0.5, 0.6) is 0 Å². The van der Waals surface area contributed by atoms with Gasteiger partial charge in [0.25, 0.3) is 0 Å². The number of nitrogens with zero attached hydrogens (tertiary/aromatic N) is 2. The lowest BCUT2D eigenvalue weighted by Crippen LogP contribution is -2.30. The SMILES string of the molecule is O=C(CC1CCOCC1)Nc1ccc(NC(=O)N2Cc3cc(F)cnc3C2)cc1. The Morgan fingerprint density at radius 3 is 2.52 bits per heavy atom. The second-order valence-corrected chi connectivity index (χ2v) is 7.43. The average molecular weight is 398 g/mol. The number of halogens is 1. The highest BCUT2D eigenvalue weighted by molar-refractivity contribution is 5.92. The molecule has 0 unspecified atom stereocenters. The van der Waals surface area contributed by atoms with E-state index < -0.39 is 5.82 Å². The molecule has 4 rings (SSSR count). The Morgan fingerprint density at radius 2 is 1.79 bits per heavy atom. The number of aromatic nitrogens is 1. The lowest BCUT2D eigenvalue weighted by Gasteiger charge is -2.21. The summed E-state index contributed by atoms with van der Waals surface area (Å²) < 4.78 is 18.6. The van der Waals surface area contributed by atoms with Gasteiger partial charge in [-0.25, -0.2) is 9.18 Å². The number of carbonyl (C=O) groups is 2. The molecule has 152 valence electrons. The Balaban J connectivity index is 1.28. The van der Waals surface area contributed by atoms with Crippen LogP contribution in [0.1, 0.15) is 30.5 Å². The molecular formula is C21H23FN4O3. The highest BCUT2D eigenvalue weighted by Crippen LogP contribution is 2.23. The number of pyridine rings is 1. The van der Waals surface area contributed by atoms with Crippen LogP contribution in [0.2, 0.25) is 0 Å². The van der Waals surface area contributed by atoms with Gasteiger partial charge >= 0.3 is 6.03 Å². The molecule has 1 aromatic carbocycles. The van der Waals surface area contributed by atoms with Crippen LogP contribution in [-0.2, 0) is 22.6 Å². The Hall–Kier alpha value is -3.00. The lowest BCUT2D eigenvalue weighted by atomic mass is 9.96. The maximum absolute atomic E-state index is 13.3. The number of hydrogen-bond acceptors (Lipinski definition) is 4. The number of amides is 3. The van der Waals surface area contributed by atoms with Gasteiger partial charge in [-0.15, -0.1) is 0 Å². The summed E-state index contributed by atoms with van der Waals surface area (Å²) in [5, 5.41) is 5.71. The van der Waals surface area contributed by atoms with Gasteiger partial charge in [0.15, 0.2) is 0 Å². The minimum Gasteiger partial charge on any atom is -0.381 e. The van der Waals surface area contributed by atoms with Gasteiger partial charge in [-0.05, 0) is 54.7 Å². The van der Waals surface area contributed by atoms with Gasteiger partial charge in [0.2, 0.25) is 5.91 Å². The number of ether oxygens (including phenoxy) is 1. The Kier molecular flexibility index (Phi) is 5.71. The van der Waals surface area contributed by atoms with Crippen LogP contribution in [0.3, 0.4) is 0 Å². The fraction of sp³-hybridized carbons (Fsp3) is 0.381. The van der Waals surface area contributed by atoms with Crippen molar-refractivity contribution >= 4 is 23.3 Å². The predicted molar refractivity (Wildman–Crippen MR) is 106 cm³/mol. The van der Waals surface area contributed by atoms with E-state index >= 15 is 0 Å². The van der Waals surface area contributed by atoms with E-state index in [0.717, 1.165) is 37.8 Å². The number of nitrogens with one attached hydrogen (secondary N) is 2. The summed E-state index contributed by atoms with van der Waals surface area (Å²) in [4.78, 5) is 30.3. The van der Waals surface area contributed by atoms with Crippen molar-refractivity contribution in [2.75, 3.05) is 23.8 Å². The van der Waals surface area contributed by atoms with Crippen molar-refractivity contribution in [3.8, 4) is 0 Å². The fourth-order valence-electron chi connectivity index (χ4n) is 3.64. The molecular weight excluding hydrogens is 375 g/mol. The van der Waals surface area contributed by atoms with E-state index in [1.54, 1.807) is 29.2 Å². The van der Waals surface area contributed by atoms with Gasteiger partial charge in [-0.1, -0.05) is 0 Å². The second-order valence-electron chi connectivity index (χ2n) is 7.43. The zero-order valence-electron chi connectivity index (χ0n) is 16.0. The van der Waals surface area contributed by atoms with Crippen LogP contribution in [0.15, 0.2) is 36.5 Å². The topological polar surface area (TPSA) is 83.6 Å². The number of anilines is 2. The van der Waals surface area contributed by atoms with E-state index in [4.69, 9.17) is 4.74 Å². The molecule has 1 aromatic heterocycles. The third kappa shape index (κ3) is 4.89. The van der Waals surface area contributed by atoms with E-state index in [9.17, 15) is 14.0 Å². The zero-order valence-corrected chi connectivity index (χ0v) is 16.0. The van der Waals surface area contributed by atoms with Crippen molar-refractivity contribution in [1.82, 2.24) is 9.88 Å². The van der Waals surface area contributed by atoms with Gasteiger partial charge in [0.05, 0.1) is 18.4 Å². The van der Waals surface area contributed by atoms with Crippen molar-refractivity contribution in [2.24, 2.45) is 5.92 Å². The molecule has 0 saturated carbocycles. The van der Waals surface area contributed by atoms with Gasteiger partial charge < -0.3 is 20.3 Å². The zero-order chi connectivity index (χ0) is 20.2. The molecule has 0 atom stereocenters. The molecule has 3 heterocycles. The Labute approximate surface area is 168 Å². The molecule has 29 heavy (non-hydrogen) atoms. The maximum Gasteiger partial charge on any atom is 0.322 e. The maximum atomic E-state index is 13.3. The number of hydrogen-bond donors (Lipinski definition) is 2. The molecule has 2 N–H and O–H groups in total. The van der Waals surface area contributed by atoms with Crippen molar-refractivity contribution in [1.29, 1.82) is 0 Å². The van der Waals surface area contributed by atoms with Crippen LogP contribution in [0, 0.1) is 11.7 Å². The first-order chi connectivity index (χ1) is 14.1. The fourth-order valence-corrected chi connectivity index (χ4v) is 3.64. The molecule has 1 saturated heterocycles. The van der Waals surface area contributed by atoms with Crippen LogP contribution >= 0.6 is 0 Å². The minimum atomic E-state index is -0.402. The Bertz CT molecular complexity index is 897. The molecule has 8 heteroatoms. The van der Waals surface area contributed by atoms with E-state index in [1.807, 2.05) is 0 Å². The van der Waals surface area contributed by atoms with Crippen LogP contribution in [-0.4, -0.2) is 35.0 Å². The van der Waals surface area contributed by atoms with Crippen molar-refractivity contribution in [3.63, 3.8) is 0 Å². The third-order valence-corrected chi connectivity index (χ3v) is 5.25. The molecule has 2 aliphatic heterocycles. The molecule has 1 fully saturated rings. The number of rotatable bonds is 4. The largest absolute Gasteiger partial charge is 0.381 e. The van der Waals surface area contributed by atoms with E-state index in [-0.39, 0.29) is 11.9 Å². The second kappa shape index (κ2) is 8.57. The third-order valence-electron chi connectivity index (χ3n) is 5.25. The average Bonchev–Trinajstić information content (AvgIpc) is 3.13. The summed E-state index contributed by atoms with van der Waals surface area (Å²) in [6, 6.07) is 8.12. The standard InChI is InChI=1S/C21H23FN4O3/c22-16-10-15-12-26(13-19(15)23-11-16)21(28)25-18-3-1-17(2-4-18)24-20(27)9-14-5-7-29-8-6-14/h1-4,10-11,14H,5-9,12-13H2,(H,24,27)(H,25,28). The van der Waals surface area contributed by atoms with Gasteiger partial charge in [-0.2, -0.15) is 0 Å². The molecule has 0 radical (unpaired) electrons. The smallest absolute Gasteiger partial charge is 0.322 e. The first-order valence-corrected chi connectivity index (χ1v) is 9.74. The highest BCUT2D eigenvalue weighted by atomic mass is 19.1. The molecule has 0 aliphatic carbocycles. The summed E-state index contributed by atoms with van der Waals surface area (Å²) in [5.74, 6) is -0.0430. The minimum absolute atomic E-state index is 0.0109. The van der Waals surface area contributed by atoms with Crippen molar-refractivity contribution in [3.05, 3.63) is 53.6 Å². The molecule has 7 nitrogen and oxygen atoms in total. The molecule has 2 aliphatic rings. The van der Waals surface area contributed by atoms with Crippen LogP contribution in [0.4, 0.5) is 20.6 Å². The first kappa shape index (κ1) is 19.3. The van der Waals surface area contributed by atoms with Crippen molar-refractivity contribution in [2.45, 2.75) is 32.4 Å². The highest BCUT2D eigenvalue weighted by Gasteiger charge is 2.25. The summed E-state index contributed by atoms with van der Waals surface area (Å²) in [7, 11) is 0. The van der Waals surface area contributed by atoms with Gasteiger partial charge in [0.1, 0.15) is 5.82 Å². The summed E-state index contributed by atoms with van der Waals surface area (Å²) in [6.07, 6.45) is 3.49. The lowest BCUT2D eigenvalue weighted by molar-refractivity contribution is -0.117. The summed E-state index contributed by atoms with van der Waals surface area (Å²) in [5.41, 5.74) is 2.74. The van der Waals surface area contributed by atoms with E-state index in [1.165, 1.54) is 6.07 Å². The van der Waals surface area contributed by atoms with Crippen LogP contribution < -0.4 is 10.6 Å². The number of carbonyl (C=O) groups excluding carboxylic acids is 2. The Morgan fingerprint density at radius 1 is 1.10 bits per heavy atom. The number of fused-ring (bicyclic) bond motifs is 1. The number of urea groups is 1. The van der Waals surface area contributed by atoms with E-state index in [2.05, 4.69) is 15.6 Å². The van der Waals surface area contributed by atoms with Crippen LogP contribution in [0.25, 0.3) is 0 Å². The monoisotopic (exact) mass is 398 g/mol. The molecule has 0 bridgehead atoms. The quantitative estimate of drug-likeness (QED) is 0.825. The van der Waals surface area contributed by atoms with Crippen molar-refractivity contribution < 1.29 is 18.7 Å². The van der Waals surface area contributed by atoms with Gasteiger partial charge in [0, 0.05) is 37.6 Å². The molecule has 2 aromatic rings.